The van der Waals surface area contributed by atoms with Gasteiger partial charge in [-0.1, -0.05) is 28.1 Å². The van der Waals surface area contributed by atoms with Crippen LogP contribution >= 0.6 is 15.9 Å². The number of aliphatic hydroxyl groups is 1. The lowest BCUT2D eigenvalue weighted by Gasteiger charge is -2.24. The summed E-state index contributed by atoms with van der Waals surface area (Å²) in [5, 5.41) is 10.7. The third-order valence-electron chi connectivity index (χ3n) is 2.73. The van der Waals surface area contributed by atoms with E-state index in [4.69, 9.17) is 4.74 Å². The first-order valence-corrected chi connectivity index (χ1v) is 6.19. The molecule has 2 aromatic rings. The summed E-state index contributed by atoms with van der Waals surface area (Å²) in [4.78, 5) is 8.22. The van der Waals surface area contributed by atoms with E-state index in [2.05, 4.69) is 25.9 Å². The topological polar surface area (TPSA) is 55.2 Å². The molecule has 5 heteroatoms. The number of nitrogens with zero attached hydrogens (tertiary/aromatic N) is 2. The maximum atomic E-state index is 10.7. The van der Waals surface area contributed by atoms with Gasteiger partial charge in [0.2, 0.25) is 5.88 Å². The maximum absolute atomic E-state index is 10.7. The second kappa shape index (κ2) is 5.04. The summed E-state index contributed by atoms with van der Waals surface area (Å²) in [6.45, 7) is 1.67. The third kappa shape index (κ3) is 2.37. The lowest BCUT2D eigenvalue weighted by Crippen LogP contribution is -2.25. The highest BCUT2D eigenvalue weighted by molar-refractivity contribution is 9.10. The first-order valence-electron chi connectivity index (χ1n) is 5.39. The van der Waals surface area contributed by atoms with Gasteiger partial charge in [0, 0.05) is 16.9 Å². The van der Waals surface area contributed by atoms with Crippen molar-refractivity contribution in [2.24, 2.45) is 0 Å². The summed E-state index contributed by atoms with van der Waals surface area (Å²) in [6.07, 6.45) is 3.06. The fourth-order valence-corrected chi connectivity index (χ4v) is 1.98. The number of benzene rings is 1. The largest absolute Gasteiger partial charge is 0.480 e. The zero-order valence-electron chi connectivity index (χ0n) is 10.1. The Balaban J connectivity index is 2.50. The summed E-state index contributed by atoms with van der Waals surface area (Å²) >= 11 is 3.36. The van der Waals surface area contributed by atoms with Gasteiger partial charge in [-0.25, -0.2) is 4.98 Å². The van der Waals surface area contributed by atoms with Crippen LogP contribution in [0.5, 0.6) is 5.88 Å². The number of hydrogen-bond acceptors (Lipinski definition) is 4. The maximum Gasteiger partial charge on any atom is 0.238 e. The molecule has 18 heavy (non-hydrogen) atoms. The Morgan fingerprint density at radius 3 is 2.39 bits per heavy atom. The van der Waals surface area contributed by atoms with Gasteiger partial charge in [-0.05, 0) is 24.6 Å². The molecule has 1 heterocycles. The number of aromatic nitrogens is 2. The highest BCUT2D eigenvalue weighted by Crippen LogP contribution is 2.32. The Labute approximate surface area is 114 Å². The predicted octanol–water partition coefficient (Wildman–Crippen LogP) is 2.50. The van der Waals surface area contributed by atoms with E-state index in [1.807, 2.05) is 24.3 Å². The van der Waals surface area contributed by atoms with Crippen LogP contribution in [0.15, 0.2) is 41.1 Å². The Morgan fingerprint density at radius 2 is 1.78 bits per heavy atom. The third-order valence-corrected chi connectivity index (χ3v) is 3.25. The minimum atomic E-state index is -1.25. The van der Waals surface area contributed by atoms with E-state index in [1.54, 1.807) is 6.92 Å². The van der Waals surface area contributed by atoms with Crippen molar-refractivity contribution in [2.45, 2.75) is 12.5 Å². The summed E-state index contributed by atoms with van der Waals surface area (Å²) in [7, 11) is 1.51. The average Bonchev–Trinajstić information content (AvgIpc) is 2.39. The van der Waals surface area contributed by atoms with Gasteiger partial charge in [-0.3, -0.25) is 4.98 Å². The molecule has 1 N–H and O–H groups in total. The van der Waals surface area contributed by atoms with Gasteiger partial charge in [-0.2, -0.15) is 0 Å². The van der Waals surface area contributed by atoms with Crippen molar-refractivity contribution in [3.05, 3.63) is 52.4 Å². The predicted molar refractivity (Wildman–Crippen MR) is 71.4 cm³/mol. The molecule has 2 rings (SSSR count). The van der Waals surface area contributed by atoms with Crippen molar-refractivity contribution in [3.8, 4) is 5.88 Å². The van der Waals surface area contributed by atoms with Crippen molar-refractivity contribution >= 4 is 15.9 Å². The van der Waals surface area contributed by atoms with Crippen LogP contribution in [-0.4, -0.2) is 22.2 Å². The Morgan fingerprint density at radius 1 is 1.17 bits per heavy atom. The van der Waals surface area contributed by atoms with E-state index in [-0.39, 0.29) is 0 Å². The molecule has 1 unspecified atom stereocenters. The second-order valence-electron chi connectivity index (χ2n) is 3.99. The molecular formula is C13H13BrN2O2. The first-order chi connectivity index (χ1) is 8.55. The molecule has 0 saturated heterocycles. The molecule has 1 aromatic heterocycles. The quantitative estimate of drug-likeness (QED) is 0.946. The van der Waals surface area contributed by atoms with Crippen molar-refractivity contribution in [2.75, 3.05) is 7.11 Å². The van der Waals surface area contributed by atoms with Crippen molar-refractivity contribution < 1.29 is 9.84 Å². The zero-order chi connectivity index (χ0) is 13.2. The fraction of sp³-hybridized carbons (Fsp3) is 0.231. The SMILES string of the molecule is COc1nccnc1C(C)(O)c1ccc(Br)cc1. The summed E-state index contributed by atoms with van der Waals surface area (Å²) in [5.41, 5.74) is -0.125. The molecule has 4 nitrogen and oxygen atoms in total. The van der Waals surface area contributed by atoms with Crippen molar-refractivity contribution in [1.29, 1.82) is 0 Å². The zero-order valence-corrected chi connectivity index (χ0v) is 11.7. The number of rotatable bonds is 3. The lowest BCUT2D eigenvalue weighted by molar-refractivity contribution is 0.0929. The number of halogens is 1. The van der Waals surface area contributed by atoms with E-state index >= 15 is 0 Å². The van der Waals surface area contributed by atoms with Gasteiger partial charge in [0.1, 0.15) is 11.3 Å². The van der Waals surface area contributed by atoms with Crippen molar-refractivity contribution in [3.63, 3.8) is 0 Å². The fourth-order valence-electron chi connectivity index (χ4n) is 1.72. The van der Waals surface area contributed by atoms with Gasteiger partial charge >= 0.3 is 0 Å². The van der Waals surface area contributed by atoms with Crippen LogP contribution < -0.4 is 4.74 Å². The first kappa shape index (κ1) is 13.0. The van der Waals surface area contributed by atoms with Gasteiger partial charge < -0.3 is 9.84 Å². The Hall–Kier alpha value is -1.46. The molecule has 94 valence electrons. The smallest absolute Gasteiger partial charge is 0.238 e. The molecule has 1 atom stereocenters. The molecule has 0 spiro atoms. The molecule has 0 aliphatic heterocycles. The molecule has 0 amide bonds. The average molecular weight is 309 g/mol. The van der Waals surface area contributed by atoms with E-state index < -0.39 is 5.60 Å². The molecule has 0 bridgehead atoms. The molecule has 0 fully saturated rings. The van der Waals surface area contributed by atoms with E-state index in [0.29, 0.717) is 11.6 Å². The molecule has 0 saturated carbocycles. The van der Waals surface area contributed by atoms with Crippen LogP contribution in [0.3, 0.4) is 0 Å². The van der Waals surface area contributed by atoms with Crippen LogP contribution in [0.25, 0.3) is 0 Å². The van der Waals surface area contributed by atoms with Gasteiger partial charge in [0.15, 0.2) is 0 Å². The molecule has 0 aliphatic carbocycles. The van der Waals surface area contributed by atoms with Crippen LogP contribution in [-0.2, 0) is 5.60 Å². The van der Waals surface area contributed by atoms with Gasteiger partial charge in [0.25, 0.3) is 0 Å². The summed E-state index contributed by atoms with van der Waals surface area (Å²) in [5.74, 6) is 0.324. The van der Waals surface area contributed by atoms with Crippen LogP contribution in [0, 0.1) is 0 Å². The highest BCUT2D eigenvalue weighted by Gasteiger charge is 2.31. The minimum Gasteiger partial charge on any atom is -0.480 e. The molecule has 0 aliphatic rings. The normalized spacial score (nSPS) is 14.0. The Bertz CT molecular complexity index is 541. The second-order valence-corrected chi connectivity index (χ2v) is 4.91. The number of hydrogen-bond donors (Lipinski definition) is 1. The monoisotopic (exact) mass is 308 g/mol. The standard InChI is InChI=1S/C13H13BrN2O2/c1-13(17,9-3-5-10(14)6-4-9)11-12(18-2)16-8-7-15-11/h3-8,17H,1-2H3. The van der Waals surface area contributed by atoms with E-state index in [9.17, 15) is 5.11 Å². The number of methoxy groups -OCH3 is 1. The van der Waals surface area contributed by atoms with Gasteiger partial charge in [-0.15, -0.1) is 0 Å². The molecule has 1 aromatic carbocycles. The van der Waals surface area contributed by atoms with Crippen LogP contribution in [0.1, 0.15) is 18.2 Å². The van der Waals surface area contributed by atoms with Crippen molar-refractivity contribution in [1.82, 2.24) is 9.97 Å². The summed E-state index contributed by atoms with van der Waals surface area (Å²) < 4.78 is 6.09. The lowest BCUT2D eigenvalue weighted by atomic mass is 9.92. The van der Waals surface area contributed by atoms with E-state index in [0.717, 1.165) is 10.0 Å². The van der Waals surface area contributed by atoms with E-state index in [1.165, 1.54) is 19.5 Å². The molecular weight excluding hydrogens is 296 g/mol. The molecule has 0 radical (unpaired) electrons. The Kier molecular flexibility index (Phi) is 3.63. The highest BCUT2D eigenvalue weighted by atomic mass is 79.9. The van der Waals surface area contributed by atoms with Gasteiger partial charge in [0.05, 0.1) is 7.11 Å². The van der Waals surface area contributed by atoms with Crippen LogP contribution in [0.2, 0.25) is 0 Å². The number of ether oxygens (including phenoxy) is 1. The minimum absolute atomic E-state index is 0.324. The summed E-state index contributed by atoms with van der Waals surface area (Å²) in [6, 6.07) is 7.40. The van der Waals surface area contributed by atoms with Crippen LogP contribution in [0.4, 0.5) is 0 Å².